The van der Waals surface area contributed by atoms with E-state index in [1.807, 2.05) is 0 Å². The summed E-state index contributed by atoms with van der Waals surface area (Å²) < 4.78 is 25.4. The lowest BCUT2D eigenvalue weighted by Gasteiger charge is -2.22. The van der Waals surface area contributed by atoms with Gasteiger partial charge in [0.25, 0.3) is 0 Å². The summed E-state index contributed by atoms with van der Waals surface area (Å²) in [5.74, 6) is 1.38. The number of benzene rings is 2. The van der Waals surface area contributed by atoms with Crippen molar-refractivity contribution in [2.75, 3.05) is 13.9 Å². The lowest BCUT2D eigenvalue weighted by atomic mass is 9.89. The van der Waals surface area contributed by atoms with Crippen molar-refractivity contribution in [3.63, 3.8) is 0 Å². The Bertz CT molecular complexity index is 1130. The summed E-state index contributed by atoms with van der Waals surface area (Å²) in [7, 11) is 1.84. The molecule has 0 saturated heterocycles. The summed E-state index contributed by atoms with van der Waals surface area (Å²) in [4.78, 5) is 0. The van der Waals surface area contributed by atoms with Gasteiger partial charge in [0.15, 0.2) is 6.79 Å². The minimum absolute atomic E-state index is 0.160. The van der Waals surface area contributed by atoms with Gasteiger partial charge in [-0.05, 0) is 84.6 Å². The number of aliphatic hydroxyl groups excluding tert-OH is 1. The molecule has 2 aromatic rings. The first-order valence-corrected chi connectivity index (χ1v) is 13.2. The highest BCUT2D eigenvalue weighted by Crippen LogP contribution is 2.32. The van der Waals surface area contributed by atoms with Crippen molar-refractivity contribution in [1.29, 1.82) is 0 Å². The lowest BCUT2D eigenvalue weighted by Crippen LogP contribution is -2.18. The average molecular weight is 493 g/mol. The van der Waals surface area contributed by atoms with E-state index in [2.05, 4.69) is 60.7 Å². The molecule has 4 rings (SSSR count). The number of methoxy groups -OCH3 is 1. The molecule has 0 bridgehead atoms. The van der Waals surface area contributed by atoms with Gasteiger partial charge in [0.1, 0.15) is 11.6 Å². The van der Waals surface area contributed by atoms with Crippen LogP contribution in [0.1, 0.15) is 42.6 Å². The van der Waals surface area contributed by atoms with Crippen LogP contribution in [0.2, 0.25) is 0 Å². The Labute approximate surface area is 209 Å². The second-order valence-corrected chi connectivity index (χ2v) is 10.6. The van der Waals surface area contributed by atoms with Crippen LogP contribution in [0.4, 0.5) is 4.39 Å². The summed E-state index contributed by atoms with van der Waals surface area (Å²) in [6.07, 6.45) is 20.5. The first-order valence-electron chi connectivity index (χ1n) is 12.2. The third-order valence-corrected chi connectivity index (χ3v) is 7.76. The molecule has 1 N–H and O–H groups in total. The monoisotopic (exact) mass is 492 g/mol. The van der Waals surface area contributed by atoms with Crippen LogP contribution >= 0.6 is 8.58 Å². The van der Waals surface area contributed by atoms with Gasteiger partial charge in [-0.2, -0.15) is 0 Å². The fraction of sp³-hybridized carbons (Fsp3) is 0.333. The van der Waals surface area contributed by atoms with E-state index in [1.54, 1.807) is 20.1 Å². The van der Waals surface area contributed by atoms with Gasteiger partial charge in [0.2, 0.25) is 0 Å². The Kier molecular flexibility index (Phi) is 9.09. The van der Waals surface area contributed by atoms with Crippen LogP contribution in [0.15, 0.2) is 78.9 Å². The predicted octanol–water partition coefficient (Wildman–Crippen LogP) is 5.84. The van der Waals surface area contributed by atoms with E-state index < -0.39 is 6.10 Å². The Morgan fingerprint density at radius 3 is 2.31 bits per heavy atom. The Morgan fingerprint density at radius 1 is 0.971 bits per heavy atom. The van der Waals surface area contributed by atoms with Crippen LogP contribution in [0, 0.1) is 17.7 Å². The number of allylic oxidation sites excluding steroid dienone is 8. The molecule has 2 aromatic carbocycles. The highest BCUT2D eigenvalue weighted by Gasteiger charge is 2.20. The molecule has 0 aromatic heterocycles. The zero-order valence-corrected chi connectivity index (χ0v) is 21.4. The largest absolute Gasteiger partial charge is 0.467 e. The number of halogens is 1. The normalized spacial score (nSPS) is 20.1. The number of hydrogen-bond donors (Lipinski definition) is 1. The zero-order chi connectivity index (χ0) is 24.6. The van der Waals surface area contributed by atoms with E-state index in [4.69, 9.17) is 9.47 Å². The molecule has 0 heterocycles. The summed E-state index contributed by atoms with van der Waals surface area (Å²) in [5.41, 5.74) is 3.06. The van der Waals surface area contributed by atoms with E-state index in [1.165, 1.54) is 23.3 Å². The van der Waals surface area contributed by atoms with Crippen molar-refractivity contribution in [3.05, 3.63) is 101 Å². The molecular weight excluding hydrogens is 458 g/mol. The molecule has 0 amide bonds. The van der Waals surface area contributed by atoms with E-state index in [9.17, 15) is 9.50 Å². The molecule has 0 aliphatic heterocycles. The van der Waals surface area contributed by atoms with Crippen LogP contribution in [0.3, 0.4) is 0 Å². The second kappa shape index (κ2) is 12.4. The van der Waals surface area contributed by atoms with Crippen molar-refractivity contribution >= 4 is 19.2 Å². The maximum absolute atomic E-state index is 14.0. The van der Waals surface area contributed by atoms with Gasteiger partial charge in [-0.25, -0.2) is 4.39 Å². The van der Waals surface area contributed by atoms with Gasteiger partial charge < -0.3 is 14.6 Å². The Hall–Kier alpha value is -2.52. The SMILES string of the molecule is COCOc1c(CC2C=CC=CC2)cc(CC2C=CC=CC2)cc1Pc1ccc(F)cc1C(C)O. The third-order valence-electron chi connectivity index (χ3n) is 6.40. The predicted molar refractivity (Wildman–Crippen MR) is 144 cm³/mol. The van der Waals surface area contributed by atoms with E-state index >= 15 is 0 Å². The van der Waals surface area contributed by atoms with E-state index in [-0.39, 0.29) is 21.2 Å². The summed E-state index contributed by atoms with van der Waals surface area (Å²) >= 11 is 0. The first-order chi connectivity index (χ1) is 17.0. The molecule has 3 nitrogen and oxygen atoms in total. The van der Waals surface area contributed by atoms with Gasteiger partial charge in [-0.15, -0.1) is 0 Å². The van der Waals surface area contributed by atoms with Gasteiger partial charge in [-0.3, -0.25) is 0 Å². The van der Waals surface area contributed by atoms with Crippen molar-refractivity contribution < 1.29 is 19.0 Å². The molecule has 0 radical (unpaired) electrons. The second-order valence-electron chi connectivity index (χ2n) is 9.24. The molecule has 2 aliphatic rings. The molecule has 4 atom stereocenters. The fourth-order valence-corrected chi connectivity index (χ4v) is 6.18. The Balaban J connectivity index is 1.75. The van der Waals surface area contributed by atoms with E-state index in [0.29, 0.717) is 17.4 Å². The first kappa shape index (κ1) is 25.6. The quantitative estimate of drug-likeness (QED) is 0.335. The van der Waals surface area contributed by atoms with Gasteiger partial charge in [-0.1, -0.05) is 69.3 Å². The highest BCUT2D eigenvalue weighted by molar-refractivity contribution is 7.55. The smallest absolute Gasteiger partial charge is 0.188 e. The van der Waals surface area contributed by atoms with E-state index in [0.717, 1.165) is 42.0 Å². The number of rotatable bonds is 10. The summed E-state index contributed by atoms with van der Waals surface area (Å²) in [5, 5.41) is 12.3. The van der Waals surface area contributed by atoms with Crippen LogP contribution in [-0.4, -0.2) is 19.0 Å². The number of ether oxygens (including phenoxy) is 2. The molecule has 35 heavy (non-hydrogen) atoms. The van der Waals surface area contributed by atoms with Crippen LogP contribution in [0.25, 0.3) is 0 Å². The van der Waals surface area contributed by atoms with Crippen LogP contribution in [0.5, 0.6) is 5.75 Å². The number of hydrogen-bond acceptors (Lipinski definition) is 3. The molecular formula is C30H34FO3P. The molecule has 5 heteroatoms. The van der Waals surface area contributed by atoms with Crippen molar-refractivity contribution in [3.8, 4) is 5.75 Å². The molecule has 0 saturated carbocycles. The maximum atomic E-state index is 14.0. The van der Waals surface area contributed by atoms with Crippen molar-refractivity contribution in [2.45, 2.75) is 38.7 Å². The zero-order valence-electron chi connectivity index (χ0n) is 20.4. The highest BCUT2D eigenvalue weighted by atomic mass is 31.1. The molecule has 0 spiro atoms. The average Bonchev–Trinajstić information content (AvgIpc) is 2.86. The molecule has 0 fully saturated rings. The summed E-state index contributed by atoms with van der Waals surface area (Å²) in [6.45, 7) is 1.84. The number of aliphatic hydroxyl groups is 1. The summed E-state index contributed by atoms with van der Waals surface area (Å²) in [6, 6.07) is 9.20. The minimum atomic E-state index is -0.752. The topological polar surface area (TPSA) is 38.7 Å². The van der Waals surface area contributed by atoms with Gasteiger partial charge in [0, 0.05) is 12.4 Å². The maximum Gasteiger partial charge on any atom is 0.188 e. The Morgan fingerprint density at radius 2 is 1.69 bits per heavy atom. The van der Waals surface area contributed by atoms with Crippen molar-refractivity contribution in [2.24, 2.45) is 11.8 Å². The molecule has 4 unspecified atom stereocenters. The molecule has 2 aliphatic carbocycles. The lowest BCUT2D eigenvalue weighted by molar-refractivity contribution is 0.0511. The standard InChI is InChI=1S/C30H34FO3P/c1-21(32)27-19-26(31)13-14-28(27)35-29-18-24(15-22-9-5-3-6-10-22)17-25(30(29)34-20-33-2)16-23-11-7-4-8-12-23/h3-9,11,13-14,17-19,21-23,32,35H,10,12,15-16,20H2,1-2H3. The van der Waals surface area contributed by atoms with Gasteiger partial charge in [0.05, 0.1) is 6.10 Å². The van der Waals surface area contributed by atoms with Crippen LogP contribution < -0.4 is 15.3 Å². The van der Waals surface area contributed by atoms with Gasteiger partial charge >= 0.3 is 0 Å². The molecule has 184 valence electrons. The fourth-order valence-electron chi connectivity index (χ4n) is 4.70. The van der Waals surface area contributed by atoms with Crippen molar-refractivity contribution in [1.82, 2.24) is 0 Å². The third kappa shape index (κ3) is 7.01. The van der Waals surface area contributed by atoms with Crippen LogP contribution in [-0.2, 0) is 17.6 Å². The minimum Gasteiger partial charge on any atom is -0.467 e.